The van der Waals surface area contributed by atoms with E-state index in [4.69, 9.17) is 16.3 Å². The Morgan fingerprint density at radius 2 is 1.63 bits per heavy atom. The average Bonchev–Trinajstić information content (AvgIpc) is 2.66. The number of ketones is 1. The molecule has 0 saturated carbocycles. The molecule has 6 nitrogen and oxygen atoms in total. The van der Waals surface area contributed by atoms with E-state index in [-0.39, 0.29) is 28.6 Å². The Bertz CT molecular complexity index is 908. The van der Waals surface area contributed by atoms with Gasteiger partial charge in [0.1, 0.15) is 0 Å². The standard InChI is InChI=1S/C19H20ClNO5S/c1-3-26-19(23)15-6-8-16(9-7-15)21(13-17(22)12-20)27(24,25)18-10-4-14(2)5-11-18/h4-11H,3,12-13H2,1-2H3. The van der Waals surface area contributed by atoms with E-state index >= 15 is 0 Å². The lowest BCUT2D eigenvalue weighted by Gasteiger charge is -2.24. The van der Waals surface area contributed by atoms with Crippen molar-refractivity contribution < 1.29 is 22.7 Å². The number of Topliss-reactive ketones (excluding diaryl/α,β-unsaturated/α-hetero) is 1. The number of rotatable bonds is 8. The number of aryl methyl sites for hydroxylation is 1. The van der Waals surface area contributed by atoms with Gasteiger partial charge in [-0.15, -0.1) is 11.6 Å². The minimum Gasteiger partial charge on any atom is -0.462 e. The van der Waals surface area contributed by atoms with E-state index in [0.29, 0.717) is 0 Å². The van der Waals surface area contributed by atoms with Crippen LogP contribution in [0.2, 0.25) is 0 Å². The van der Waals surface area contributed by atoms with Gasteiger partial charge in [0, 0.05) is 0 Å². The van der Waals surface area contributed by atoms with Crippen LogP contribution in [0.1, 0.15) is 22.8 Å². The number of halogens is 1. The normalized spacial score (nSPS) is 11.1. The van der Waals surface area contributed by atoms with Crippen molar-refractivity contribution in [3.63, 3.8) is 0 Å². The van der Waals surface area contributed by atoms with Crippen molar-refractivity contribution in [2.45, 2.75) is 18.7 Å². The van der Waals surface area contributed by atoms with Crippen molar-refractivity contribution in [3.05, 3.63) is 59.7 Å². The van der Waals surface area contributed by atoms with E-state index in [0.717, 1.165) is 9.87 Å². The van der Waals surface area contributed by atoms with Crippen LogP contribution in [0, 0.1) is 6.92 Å². The summed E-state index contributed by atoms with van der Waals surface area (Å²) in [5.74, 6) is -1.25. The summed E-state index contributed by atoms with van der Waals surface area (Å²) in [4.78, 5) is 23.7. The SMILES string of the molecule is CCOC(=O)c1ccc(N(CC(=O)CCl)S(=O)(=O)c2ccc(C)cc2)cc1. The van der Waals surface area contributed by atoms with Crippen LogP contribution in [0.15, 0.2) is 53.4 Å². The van der Waals surface area contributed by atoms with E-state index in [1.165, 1.54) is 36.4 Å². The monoisotopic (exact) mass is 409 g/mol. The van der Waals surface area contributed by atoms with Crippen LogP contribution in [0.4, 0.5) is 5.69 Å². The van der Waals surface area contributed by atoms with Crippen LogP contribution in [-0.2, 0) is 19.6 Å². The zero-order valence-corrected chi connectivity index (χ0v) is 16.6. The number of carbonyl (C=O) groups excluding carboxylic acids is 2. The Morgan fingerprint density at radius 1 is 1.04 bits per heavy atom. The molecule has 0 bridgehead atoms. The molecule has 0 heterocycles. The molecule has 0 saturated heterocycles. The first-order valence-electron chi connectivity index (χ1n) is 8.24. The first-order chi connectivity index (χ1) is 12.8. The van der Waals surface area contributed by atoms with E-state index in [1.807, 2.05) is 6.92 Å². The second-order valence-electron chi connectivity index (χ2n) is 5.76. The maximum atomic E-state index is 13.1. The van der Waals surface area contributed by atoms with Gasteiger partial charge in [-0.25, -0.2) is 13.2 Å². The topological polar surface area (TPSA) is 80.8 Å². The van der Waals surface area contributed by atoms with E-state index in [1.54, 1.807) is 19.1 Å². The third-order valence-electron chi connectivity index (χ3n) is 3.74. The molecular weight excluding hydrogens is 390 g/mol. The van der Waals surface area contributed by atoms with Crippen LogP contribution >= 0.6 is 11.6 Å². The van der Waals surface area contributed by atoms with Gasteiger partial charge in [-0.1, -0.05) is 17.7 Å². The lowest BCUT2D eigenvalue weighted by Crippen LogP contribution is -2.36. The zero-order valence-electron chi connectivity index (χ0n) is 15.0. The fourth-order valence-electron chi connectivity index (χ4n) is 2.33. The molecule has 27 heavy (non-hydrogen) atoms. The van der Waals surface area contributed by atoms with E-state index in [2.05, 4.69) is 0 Å². The number of benzene rings is 2. The highest BCUT2D eigenvalue weighted by atomic mass is 35.5. The molecule has 0 aliphatic rings. The quantitative estimate of drug-likeness (QED) is 0.494. The molecular formula is C19H20ClNO5S. The van der Waals surface area contributed by atoms with Gasteiger partial charge in [0.05, 0.1) is 35.2 Å². The summed E-state index contributed by atoms with van der Waals surface area (Å²) in [6.07, 6.45) is 0. The Hall–Kier alpha value is -2.38. The minimum absolute atomic E-state index is 0.0601. The van der Waals surface area contributed by atoms with E-state index in [9.17, 15) is 18.0 Å². The molecule has 0 radical (unpaired) electrons. The molecule has 0 aliphatic carbocycles. The highest BCUT2D eigenvalue weighted by Crippen LogP contribution is 2.24. The maximum absolute atomic E-state index is 13.1. The number of hydrogen-bond acceptors (Lipinski definition) is 5. The molecule has 2 aromatic rings. The van der Waals surface area contributed by atoms with Gasteiger partial charge in [0.25, 0.3) is 10.0 Å². The second kappa shape index (κ2) is 9.01. The molecule has 0 spiro atoms. The van der Waals surface area contributed by atoms with E-state index < -0.39 is 28.3 Å². The highest BCUT2D eigenvalue weighted by molar-refractivity contribution is 7.92. The largest absolute Gasteiger partial charge is 0.462 e. The molecule has 0 unspecified atom stereocenters. The zero-order chi connectivity index (χ0) is 20.0. The van der Waals surface area contributed by atoms with Crippen molar-refractivity contribution in [1.82, 2.24) is 0 Å². The predicted octanol–water partition coefficient (Wildman–Crippen LogP) is 3.17. The molecule has 0 atom stereocenters. The van der Waals surface area contributed by atoms with Crippen LogP contribution in [0.5, 0.6) is 0 Å². The van der Waals surface area contributed by atoms with Crippen molar-refractivity contribution in [3.8, 4) is 0 Å². The van der Waals surface area contributed by atoms with Gasteiger partial charge in [0.15, 0.2) is 5.78 Å². The summed E-state index contributed by atoms with van der Waals surface area (Å²) in [6.45, 7) is 3.37. The smallest absolute Gasteiger partial charge is 0.338 e. The van der Waals surface area contributed by atoms with Crippen molar-refractivity contribution in [2.24, 2.45) is 0 Å². The fourth-order valence-corrected chi connectivity index (χ4v) is 3.87. The summed E-state index contributed by atoms with van der Waals surface area (Å²) in [5.41, 5.74) is 1.45. The summed E-state index contributed by atoms with van der Waals surface area (Å²) >= 11 is 5.57. The van der Waals surface area contributed by atoms with Crippen molar-refractivity contribution in [2.75, 3.05) is 23.3 Å². The first-order valence-corrected chi connectivity index (χ1v) is 10.2. The Kier molecular flexibility index (Phi) is 6.98. The molecule has 2 aromatic carbocycles. The van der Waals surface area contributed by atoms with Gasteiger partial charge in [0.2, 0.25) is 0 Å². The number of sulfonamides is 1. The fraction of sp³-hybridized carbons (Fsp3) is 0.263. The molecule has 144 valence electrons. The molecule has 8 heteroatoms. The first kappa shape index (κ1) is 20.9. The van der Waals surface area contributed by atoms with Crippen LogP contribution in [0.3, 0.4) is 0 Å². The van der Waals surface area contributed by atoms with Crippen LogP contribution in [-0.4, -0.2) is 39.2 Å². The number of ether oxygens (including phenoxy) is 1. The highest BCUT2D eigenvalue weighted by Gasteiger charge is 2.27. The minimum atomic E-state index is -3.98. The van der Waals surface area contributed by atoms with Gasteiger partial charge < -0.3 is 4.74 Å². The molecule has 0 fully saturated rings. The molecule has 0 amide bonds. The number of hydrogen-bond donors (Lipinski definition) is 0. The maximum Gasteiger partial charge on any atom is 0.338 e. The van der Waals surface area contributed by atoms with Crippen LogP contribution in [0.25, 0.3) is 0 Å². The van der Waals surface area contributed by atoms with Crippen LogP contribution < -0.4 is 4.31 Å². The predicted molar refractivity (Wildman–Crippen MR) is 104 cm³/mol. The molecule has 0 aromatic heterocycles. The van der Waals surface area contributed by atoms with Gasteiger partial charge in [-0.2, -0.15) is 0 Å². The third kappa shape index (κ3) is 5.08. The average molecular weight is 410 g/mol. The number of esters is 1. The Labute approximate surface area is 163 Å². The lowest BCUT2D eigenvalue weighted by atomic mass is 10.2. The van der Waals surface area contributed by atoms with Gasteiger partial charge in [-0.05, 0) is 50.2 Å². The molecule has 2 rings (SSSR count). The molecule has 0 aliphatic heterocycles. The summed E-state index contributed by atoms with van der Waals surface area (Å²) < 4.78 is 32.0. The second-order valence-corrected chi connectivity index (χ2v) is 7.89. The molecule has 0 N–H and O–H groups in total. The van der Waals surface area contributed by atoms with Crippen molar-refractivity contribution >= 4 is 39.1 Å². The number of nitrogens with zero attached hydrogens (tertiary/aromatic N) is 1. The number of alkyl halides is 1. The third-order valence-corrected chi connectivity index (χ3v) is 5.83. The Balaban J connectivity index is 2.43. The number of carbonyl (C=O) groups is 2. The summed E-state index contributed by atoms with van der Waals surface area (Å²) in [7, 11) is -3.98. The van der Waals surface area contributed by atoms with Gasteiger partial charge >= 0.3 is 5.97 Å². The summed E-state index contributed by atoms with van der Waals surface area (Å²) in [6, 6.07) is 12.1. The Morgan fingerprint density at radius 3 is 2.15 bits per heavy atom. The lowest BCUT2D eigenvalue weighted by molar-refractivity contribution is -0.115. The number of anilines is 1. The van der Waals surface area contributed by atoms with Gasteiger partial charge in [-0.3, -0.25) is 9.10 Å². The summed E-state index contributed by atoms with van der Waals surface area (Å²) in [5, 5.41) is 0. The van der Waals surface area contributed by atoms with Crippen molar-refractivity contribution in [1.29, 1.82) is 0 Å².